The summed E-state index contributed by atoms with van der Waals surface area (Å²) in [5, 5.41) is 6.28. The summed E-state index contributed by atoms with van der Waals surface area (Å²) >= 11 is 1.52. The van der Waals surface area contributed by atoms with Gasteiger partial charge in [0.1, 0.15) is 6.04 Å². The van der Waals surface area contributed by atoms with Crippen LogP contribution in [0.3, 0.4) is 0 Å². The van der Waals surface area contributed by atoms with Gasteiger partial charge in [-0.25, -0.2) is 0 Å². The van der Waals surface area contributed by atoms with Gasteiger partial charge in [0, 0.05) is 17.7 Å². The van der Waals surface area contributed by atoms with E-state index in [0.717, 1.165) is 11.3 Å². The molecule has 1 atom stereocenters. The normalized spacial score (nSPS) is 14.5. The molecule has 3 rings (SSSR count). The lowest BCUT2D eigenvalue weighted by molar-refractivity contribution is -0.121. The summed E-state index contributed by atoms with van der Waals surface area (Å²) in [4.78, 5) is 29.3. The highest BCUT2D eigenvalue weighted by molar-refractivity contribution is 8.14. The maximum absolute atomic E-state index is 12.7. The number of thioether (sulfide) groups is 1. The van der Waals surface area contributed by atoms with E-state index in [-0.39, 0.29) is 11.8 Å². The number of aliphatic imine (C=N–C) groups is 1. The summed E-state index contributed by atoms with van der Waals surface area (Å²) in [6.07, 6.45) is 0.420. The van der Waals surface area contributed by atoms with Crippen LogP contribution in [0, 0.1) is 0 Å². The molecule has 1 heterocycles. The van der Waals surface area contributed by atoms with Crippen LogP contribution >= 0.6 is 11.8 Å². The summed E-state index contributed by atoms with van der Waals surface area (Å²) in [6, 6.07) is 17.9. The van der Waals surface area contributed by atoms with Crippen LogP contribution in [-0.4, -0.2) is 35.3 Å². The first-order chi connectivity index (χ1) is 12.2. The maximum Gasteiger partial charge on any atom is 0.251 e. The molecule has 25 heavy (non-hydrogen) atoms. The molecular formula is C19H19N3O2S. The van der Waals surface area contributed by atoms with Crippen molar-refractivity contribution < 1.29 is 9.59 Å². The van der Waals surface area contributed by atoms with Crippen molar-refractivity contribution in [2.75, 3.05) is 12.3 Å². The molecule has 2 amide bonds. The second kappa shape index (κ2) is 8.48. The fraction of sp³-hybridized carbons (Fsp3) is 0.211. The zero-order valence-electron chi connectivity index (χ0n) is 13.6. The summed E-state index contributed by atoms with van der Waals surface area (Å²) < 4.78 is 0. The molecule has 1 aliphatic rings. The second-order valence-corrected chi connectivity index (χ2v) is 6.69. The lowest BCUT2D eigenvalue weighted by atomic mass is 10.0. The zero-order valence-corrected chi connectivity index (χ0v) is 14.5. The van der Waals surface area contributed by atoms with E-state index in [2.05, 4.69) is 15.6 Å². The summed E-state index contributed by atoms with van der Waals surface area (Å²) in [5.74, 6) is 0.356. The van der Waals surface area contributed by atoms with Gasteiger partial charge in [-0.2, -0.15) is 0 Å². The third-order valence-corrected chi connectivity index (χ3v) is 4.65. The Bertz CT molecular complexity index is 763. The number of nitrogens with zero attached hydrogens (tertiary/aromatic N) is 1. The van der Waals surface area contributed by atoms with Crippen molar-refractivity contribution >= 4 is 28.7 Å². The third kappa shape index (κ3) is 4.93. The molecule has 0 fully saturated rings. The largest absolute Gasteiger partial charge is 0.340 e. The third-order valence-electron chi connectivity index (χ3n) is 3.76. The highest BCUT2D eigenvalue weighted by Gasteiger charge is 2.23. The smallest absolute Gasteiger partial charge is 0.251 e. The van der Waals surface area contributed by atoms with Crippen LogP contribution in [0.15, 0.2) is 65.7 Å². The highest BCUT2D eigenvalue weighted by Crippen LogP contribution is 2.10. The van der Waals surface area contributed by atoms with E-state index in [1.165, 1.54) is 11.8 Å². The zero-order chi connectivity index (χ0) is 17.5. The van der Waals surface area contributed by atoms with Crippen molar-refractivity contribution in [3.63, 3.8) is 0 Å². The van der Waals surface area contributed by atoms with Crippen LogP contribution in [0.25, 0.3) is 0 Å². The van der Waals surface area contributed by atoms with Crippen LogP contribution < -0.4 is 10.6 Å². The standard InChI is InChI=1S/C19H19N3O2S/c23-17(15-9-5-2-6-10-15)21-16(13-14-7-3-1-4-8-14)18(24)22-19-20-11-12-25-19/h1-10,16H,11-13H2,(H,21,23)(H,20,22,24). The first-order valence-corrected chi connectivity index (χ1v) is 9.09. The predicted octanol–water partition coefficient (Wildman–Crippen LogP) is 2.25. The number of carbonyl (C=O) groups excluding carboxylic acids is 2. The van der Waals surface area contributed by atoms with E-state index < -0.39 is 6.04 Å². The number of rotatable bonds is 5. The van der Waals surface area contributed by atoms with Gasteiger partial charge in [0.25, 0.3) is 5.91 Å². The molecule has 2 N–H and O–H groups in total. The predicted molar refractivity (Wildman–Crippen MR) is 101 cm³/mol. The summed E-state index contributed by atoms with van der Waals surface area (Å²) in [7, 11) is 0. The molecule has 0 bridgehead atoms. The molecule has 6 heteroatoms. The molecule has 0 radical (unpaired) electrons. The van der Waals surface area contributed by atoms with Crippen LogP contribution in [0.5, 0.6) is 0 Å². The Hall–Kier alpha value is -2.60. The van der Waals surface area contributed by atoms with Crippen molar-refractivity contribution in [1.82, 2.24) is 10.6 Å². The minimum Gasteiger partial charge on any atom is -0.340 e. The van der Waals surface area contributed by atoms with Gasteiger partial charge < -0.3 is 10.6 Å². The second-order valence-electron chi connectivity index (χ2n) is 5.61. The Labute approximate surface area is 150 Å². The maximum atomic E-state index is 12.7. The Balaban J connectivity index is 1.73. The molecule has 128 valence electrons. The van der Waals surface area contributed by atoms with Gasteiger partial charge in [-0.05, 0) is 17.7 Å². The van der Waals surface area contributed by atoms with E-state index in [9.17, 15) is 9.59 Å². The van der Waals surface area contributed by atoms with Gasteiger partial charge >= 0.3 is 0 Å². The van der Waals surface area contributed by atoms with Crippen LogP contribution in [-0.2, 0) is 11.2 Å². The van der Waals surface area contributed by atoms with E-state index >= 15 is 0 Å². The average Bonchev–Trinajstić information content (AvgIpc) is 3.15. The molecule has 1 unspecified atom stereocenters. The van der Waals surface area contributed by atoms with E-state index in [4.69, 9.17) is 0 Å². The number of nitrogens with one attached hydrogen (secondary N) is 2. The molecule has 0 saturated heterocycles. The minimum atomic E-state index is -0.668. The Kier molecular flexibility index (Phi) is 5.85. The van der Waals surface area contributed by atoms with Gasteiger partial charge in [-0.3, -0.25) is 14.6 Å². The first kappa shape index (κ1) is 17.2. The molecule has 2 aromatic carbocycles. The summed E-state index contributed by atoms with van der Waals surface area (Å²) in [6.45, 7) is 0.708. The average molecular weight is 353 g/mol. The fourth-order valence-electron chi connectivity index (χ4n) is 2.49. The van der Waals surface area contributed by atoms with Gasteiger partial charge in [-0.15, -0.1) is 0 Å². The number of benzene rings is 2. The Morgan fingerprint density at radius 2 is 1.72 bits per heavy atom. The van der Waals surface area contributed by atoms with Crippen LogP contribution in [0.2, 0.25) is 0 Å². The number of amidine groups is 1. The summed E-state index contributed by atoms with van der Waals surface area (Å²) in [5.41, 5.74) is 1.51. The number of hydrogen-bond acceptors (Lipinski definition) is 4. The molecular weight excluding hydrogens is 334 g/mol. The van der Waals surface area contributed by atoms with Gasteiger partial charge in [0.05, 0.1) is 6.54 Å². The van der Waals surface area contributed by atoms with Gasteiger partial charge in [0.15, 0.2) is 5.17 Å². The van der Waals surface area contributed by atoms with E-state index in [0.29, 0.717) is 23.7 Å². The Morgan fingerprint density at radius 3 is 2.36 bits per heavy atom. The highest BCUT2D eigenvalue weighted by atomic mass is 32.2. The molecule has 0 aromatic heterocycles. The van der Waals surface area contributed by atoms with Crippen LogP contribution in [0.4, 0.5) is 0 Å². The Morgan fingerprint density at radius 1 is 1.04 bits per heavy atom. The quantitative estimate of drug-likeness (QED) is 0.866. The van der Waals surface area contributed by atoms with Crippen molar-refractivity contribution in [1.29, 1.82) is 0 Å². The molecule has 0 spiro atoms. The molecule has 5 nitrogen and oxygen atoms in total. The van der Waals surface area contributed by atoms with Crippen molar-refractivity contribution in [2.24, 2.45) is 4.99 Å². The lowest BCUT2D eigenvalue weighted by Crippen LogP contribution is -2.49. The number of amides is 2. The molecule has 2 aromatic rings. The SMILES string of the molecule is O=C(NC(Cc1ccccc1)C(=O)NC1=NCCS1)c1ccccc1. The van der Waals surface area contributed by atoms with Crippen molar-refractivity contribution in [3.05, 3.63) is 71.8 Å². The lowest BCUT2D eigenvalue weighted by Gasteiger charge is -2.18. The van der Waals surface area contributed by atoms with E-state index in [1.807, 2.05) is 36.4 Å². The van der Waals surface area contributed by atoms with Crippen LogP contribution in [0.1, 0.15) is 15.9 Å². The first-order valence-electron chi connectivity index (χ1n) is 8.10. The topological polar surface area (TPSA) is 70.6 Å². The van der Waals surface area contributed by atoms with E-state index in [1.54, 1.807) is 24.3 Å². The molecule has 1 aliphatic heterocycles. The number of hydrogen-bond donors (Lipinski definition) is 2. The van der Waals surface area contributed by atoms with Crippen molar-refractivity contribution in [3.8, 4) is 0 Å². The fourth-order valence-corrected chi connectivity index (χ4v) is 3.22. The molecule has 0 aliphatic carbocycles. The van der Waals surface area contributed by atoms with Gasteiger partial charge in [0.2, 0.25) is 5.91 Å². The number of carbonyl (C=O) groups is 2. The minimum absolute atomic E-state index is 0.249. The van der Waals surface area contributed by atoms with Crippen molar-refractivity contribution in [2.45, 2.75) is 12.5 Å². The van der Waals surface area contributed by atoms with Gasteiger partial charge in [-0.1, -0.05) is 60.3 Å². The molecule has 0 saturated carbocycles. The monoisotopic (exact) mass is 353 g/mol.